The van der Waals surface area contributed by atoms with Crippen LogP contribution in [0, 0.1) is 0 Å². The van der Waals surface area contributed by atoms with E-state index in [4.69, 9.17) is 17.3 Å². The first kappa shape index (κ1) is 13.8. The third-order valence-electron chi connectivity index (χ3n) is 2.90. The largest absolute Gasteiger partial charge is 0.464 e. The molecule has 0 unspecified atom stereocenters. The Morgan fingerprint density at radius 1 is 1.33 bits per heavy atom. The molecule has 1 aromatic carbocycles. The standard InChI is InChI=1S/C14H10ClN3O2S/c1-20-14(19)11-10(15)12(16)18-13(17-11)9-6-7-4-2-3-5-8(7)21-9/h2-6H,1H3,(H2,16,17,18). The van der Waals surface area contributed by atoms with E-state index < -0.39 is 5.97 Å². The molecule has 21 heavy (non-hydrogen) atoms. The van der Waals surface area contributed by atoms with Crippen LogP contribution in [-0.2, 0) is 4.74 Å². The highest BCUT2D eigenvalue weighted by atomic mass is 35.5. The van der Waals surface area contributed by atoms with Crippen LogP contribution in [0.5, 0.6) is 0 Å². The van der Waals surface area contributed by atoms with E-state index in [-0.39, 0.29) is 16.5 Å². The number of hydrogen-bond acceptors (Lipinski definition) is 6. The number of nitrogen functional groups attached to an aromatic ring is 1. The number of carbonyl (C=O) groups is 1. The van der Waals surface area contributed by atoms with Gasteiger partial charge in [-0.05, 0) is 17.5 Å². The normalized spacial score (nSPS) is 10.8. The second-order valence-corrected chi connectivity index (χ2v) is 5.70. The number of ether oxygens (including phenoxy) is 1. The van der Waals surface area contributed by atoms with E-state index in [9.17, 15) is 4.79 Å². The molecule has 0 fully saturated rings. The maximum atomic E-state index is 11.7. The van der Waals surface area contributed by atoms with Crippen molar-refractivity contribution in [2.24, 2.45) is 0 Å². The molecule has 0 saturated heterocycles. The Bertz CT molecular complexity index is 814. The number of benzene rings is 1. The van der Waals surface area contributed by atoms with Crippen molar-refractivity contribution < 1.29 is 9.53 Å². The summed E-state index contributed by atoms with van der Waals surface area (Å²) in [5, 5.41) is 1.08. The first-order valence-electron chi connectivity index (χ1n) is 6.00. The average molecular weight is 320 g/mol. The van der Waals surface area contributed by atoms with Gasteiger partial charge in [0.15, 0.2) is 11.5 Å². The highest BCUT2D eigenvalue weighted by Gasteiger charge is 2.19. The highest BCUT2D eigenvalue weighted by molar-refractivity contribution is 7.22. The summed E-state index contributed by atoms with van der Waals surface area (Å²) in [6.45, 7) is 0. The number of halogens is 1. The van der Waals surface area contributed by atoms with Crippen LogP contribution >= 0.6 is 22.9 Å². The van der Waals surface area contributed by atoms with Gasteiger partial charge in [0, 0.05) is 4.70 Å². The van der Waals surface area contributed by atoms with Gasteiger partial charge in [-0.15, -0.1) is 11.3 Å². The Morgan fingerprint density at radius 2 is 2.10 bits per heavy atom. The van der Waals surface area contributed by atoms with E-state index in [0.29, 0.717) is 5.82 Å². The quantitative estimate of drug-likeness (QED) is 0.733. The number of carbonyl (C=O) groups excluding carboxylic acids is 1. The second kappa shape index (κ2) is 5.31. The molecule has 0 aliphatic heterocycles. The number of nitrogens with zero attached hydrogens (tertiary/aromatic N) is 2. The summed E-state index contributed by atoms with van der Waals surface area (Å²) in [5.74, 6) is -0.227. The average Bonchev–Trinajstić information content (AvgIpc) is 2.93. The topological polar surface area (TPSA) is 78.1 Å². The van der Waals surface area contributed by atoms with Gasteiger partial charge in [-0.25, -0.2) is 14.8 Å². The van der Waals surface area contributed by atoms with Crippen molar-refractivity contribution in [2.75, 3.05) is 12.8 Å². The van der Waals surface area contributed by atoms with Crippen LogP contribution in [0.15, 0.2) is 30.3 Å². The van der Waals surface area contributed by atoms with Gasteiger partial charge in [-0.1, -0.05) is 29.8 Å². The number of hydrogen-bond donors (Lipinski definition) is 1. The first-order valence-corrected chi connectivity index (χ1v) is 7.20. The number of esters is 1. The number of fused-ring (bicyclic) bond motifs is 1. The SMILES string of the molecule is COC(=O)c1nc(-c2cc3ccccc3s2)nc(N)c1Cl. The zero-order valence-corrected chi connectivity index (χ0v) is 12.5. The van der Waals surface area contributed by atoms with E-state index in [1.165, 1.54) is 18.4 Å². The van der Waals surface area contributed by atoms with Gasteiger partial charge in [0.2, 0.25) is 0 Å². The number of thiophene rings is 1. The maximum absolute atomic E-state index is 11.7. The fourth-order valence-corrected chi connectivity index (χ4v) is 3.06. The van der Waals surface area contributed by atoms with E-state index in [1.807, 2.05) is 30.3 Å². The molecule has 106 valence electrons. The Morgan fingerprint density at radius 3 is 2.81 bits per heavy atom. The fourth-order valence-electron chi connectivity index (χ4n) is 1.90. The molecule has 0 aliphatic rings. The number of nitrogens with two attached hydrogens (primary N) is 1. The predicted molar refractivity (Wildman–Crippen MR) is 83.6 cm³/mol. The highest BCUT2D eigenvalue weighted by Crippen LogP contribution is 2.33. The molecule has 7 heteroatoms. The van der Waals surface area contributed by atoms with Crippen molar-refractivity contribution in [3.63, 3.8) is 0 Å². The van der Waals surface area contributed by atoms with Gasteiger partial charge in [0.25, 0.3) is 0 Å². The molecule has 2 aromatic heterocycles. The van der Waals surface area contributed by atoms with Crippen LogP contribution in [0.2, 0.25) is 5.02 Å². The Labute approximate surface area is 129 Å². The molecular weight excluding hydrogens is 310 g/mol. The Hall–Kier alpha value is -2.18. The number of anilines is 1. The summed E-state index contributed by atoms with van der Waals surface area (Å²) in [4.78, 5) is 20.8. The lowest BCUT2D eigenvalue weighted by Crippen LogP contribution is -2.09. The third-order valence-corrected chi connectivity index (χ3v) is 4.39. The Balaban J connectivity index is 2.18. The van der Waals surface area contributed by atoms with Crippen molar-refractivity contribution in [1.82, 2.24) is 9.97 Å². The van der Waals surface area contributed by atoms with E-state index >= 15 is 0 Å². The maximum Gasteiger partial charge on any atom is 0.358 e. The molecule has 3 rings (SSSR count). The smallest absolute Gasteiger partial charge is 0.358 e. The van der Waals surface area contributed by atoms with Crippen LogP contribution < -0.4 is 5.73 Å². The van der Waals surface area contributed by atoms with Crippen LogP contribution in [-0.4, -0.2) is 23.0 Å². The van der Waals surface area contributed by atoms with Crippen molar-refractivity contribution >= 4 is 44.8 Å². The molecule has 0 aliphatic carbocycles. The summed E-state index contributed by atoms with van der Waals surface area (Å²) in [5.41, 5.74) is 5.73. The van der Waals surface area contributed by atoms with Gasteiger partial charge in [-0.2, -0.15) is 0 Å². The molecule has 0 saturated carbocycles. The molecule has 2 N–H and O–H groups in total. The number of aromatic nitrogens is 2. The van der Waals surface area contributed by atoms with Gasteiger partial charge < -0.3 is 10.5 Å². The van der Waals surface area contributed by atoms with Gasteiger partial charge in [0.05, 0.1) is 12.0 Å². The lowest BCUT2D eigenvalue weighted by atomic mass is 10.2. The minimum Gasteiger partial charge on any atom is -0.464 e. The monoisotopic (exact) mass is 319 g/mol. The Kier molecular flexibility index (Phi) is 3.48. The summed E-state index contributed by atoms with van der Waals surface area (Å²) >= 11 is 7.47. The van der Waals surface area contributed by atoms with E-state index in [0.717, 1.165) is 15.0 Å². The summed E-state index contributed by atoms with van der Waals surface area (Å²) in [6.07, 6.45) is 0. The molecule has 0 atom stereocenters. The molecular formula is C14H10ClN3O2S. The molecule has 5 nitrogen and oxygen atoms in total. The molecule has 3 aromatic rings. The fraction of sp³-hybridized carbons (Fsp3) is 0.0714. The van der Waals surface area contributed by atoms with E-state index in [2.05, 4.69) is 14.7 Å². The third kappa shape index (κ3) is 2.43. The van der Waals surface area contributed by atoms with Crippen molar-refractivity contribution in [1.29, 1.82) is 0 Å². The van der Waals surface area contributed by atoms with Crippen molar-refractivity contribution in [2.45, 2.75) is 0 Å². The zero-order valence-electron chi connectivity index (χ0n) is 11.0. The van der Waals surface area contributed by atoms with E-state index in [1.54, 1.807) is 0 Å². The van der Waals surface area contributed by atoms with Crippen LogP contribution in [0.1, 0.15) is 10.5 Å². The minimum atomic E-state index is -0.642. The molecule has 0 spiro atoms. The predicted octanol–water partition coefficient (Wildman–Crippen LogP) is 3.38. The van der Waals surface area contributed by atoms with Crippen molar-refractivity contribution in [3.05, 3.63) is 41.0 Å². The molecule has 0 radical (unpaired) electrons. The van der Waals surface area contributed by atoms with Crippen LogP contribution in [0.25, 0.3) is 20.8 Å². The minimum absolute atomic E-state index is 0.00621. The van der Waals surface area contributed by atoms with Gasteiger partial charge in [-0.3, -0.25) is 0 Å². The van der Waals surface area contributed by atoms with Crippen LogP contribution in [0.4, 0.5) is 5.82 Å². The van der Waals surface area contributed by atoms with Gasteiger partial charge >= 0.3 is 5.97 Å². The lowest BCUT2D eigenvalue weighted by Gasteiger charge is -2.05. The summed E-state index contributed by atoms with van der Waals surface area (Å²) in [7, 11) is 1.26. The first-order chi connectivity index (χ1) is 10.1. The lowest BCUT2D eigenvalue weighted by molar-refractivity contribution is 0.0594. The van der Waals surface area contributed by atoms with Crippen molar-refractivity contribution in [3.8, 4) is 10.7 Å². The zero-order chi connectivity index (χ0) is 15.0. The molecule has 0 amide bonds. The second-order valence-electron chi connectivity index (χ2n) is 4.24. The number of rotatable bonds is 2. The summed E-state index contributed by atoms with van der Waals surface area (Å²) < 4.78 is 5.76. The molecule has 2 heterocycles. The number of methoxy groups -OCH3 is 1. The summed E-state index contributed by atoms with van der Waals surface area (Å²) in [6, 6.07) is 9.86. The molecule has 0 bridgehead atoms. The van der Waals surface area contributed by atoms with Crippen LogP contribution in [0.3, 0.4) is 0 Å². The van der Waals surface area contributed by atoms with Gasteiger partial charge in [0.1, 0.15) is 10.8 Å².